The van der Waals surface area contributed by atoms with Gasteiger partial charge in [0.2, 0.25) is 5.91 Å². The zero-order chi connectivity index (χ0) is 26.0. The molecule has 2 heterocycles. The van der Waals surface area contributed by atoms with E-state index in [0.717, 1.165) is 4.90 Å². The smallest absolute Gasteiger partial charge is 0.390 e. The number of ether oxygens (including phenoxy) is 1. The summed E-state index contributed by atoms with van der Waals surface area (Å²) in [6.45, 7) is -1.52. The maximum absolute atomic E-state index is 14.4. The maximum Gasteiger partial charge on any atom is 0.390 e. The number of amides is 2. The second-order valence-electron chi connectivity index (χ2n) is 8.20. The highest BCUT2D eigenvalue weighted by Crippen LogP contribution is 2.40. The van der Waals surface area contributed by atoms with E-state index in [1.54, 1.807) is 31.3 Å². The van der Waals surface area contributed by atoms with Gasteiger partial charge in [0, 0.05) is 41.9 Å². The summed E-state index contributed by atoms with van der Waals surface area (Å²) in [6.07, 6.45) is -5.66. The number of nitrogens with zero attached hydrogens (tertiary/aromatic N) is 3. The Morgan fingerprint density at radius 1 is 1.22 bits per heavy atom. The third kappa shape index (κ3) is 5.62. The molecule has 1 aliphatic heterocycles. The SMILES string of the molecule is Cn1nc(C(=O)N(CC(=O)NCCC(F)(F)F)Cc2ccccc2F)c2c1-c1cc(Cl)ccc1OC2. The molecule has 0 radical (unpaired) electrons. The van der Waals surface area contributed by atoms with Gasteiger partial charge in [-0.25, -0.2) is 4.39 Å². The van der Waals surface area contributed by atoms with Gasteiger partial charge < -0.3 is 15.0 Å². The monoisotopic (exact) mass is 524 g/mol. The molecule has 0 spiro atoms. The topological polar surface area (TPSA) is 76.5 Å². The van der Waals surface area contributed by atoms with Gasteiger partial charge in [0.05, 0.1) is 12.1 Å². The van der Waals surface area contributed by atoms with Gasteiger partial charge >= 0.3 is 6.18 Å². The standard InChI is InChI=1S/C24H21ClF4N4O3/c1-32-22-16-10-15(25)6-7-19(16)36-13-17(22)21(31-32)23(35)33(11-14-4-2-3-5-18(14)26)12-20(34)30-9-8-24(27,28)29/h2-7,10H,8-9,11-13H2,1H3,(H,30,34). The Morgan fingerprint density at radius 3 is 2.69 bits per heavy atom. The zero-order valence-corrected chi connectivity index (χ0v) is 19.8. The van der Waals surface area contributed by atoms with Crippen LogP contribution in [0.3, 0.4) is 0 Å². The molecule has 0 unspecified atom stereocenters. The molecule has 1 aliphatic rings. The number of rotatable bonds is 7. The largest absolute Gasteiger partial charge is 0.488 e. The molecule has 0 saturated carbocycles. The van der Waals surface area contributed by atoms with Gasteiger partial charge in [0.25, 0.3) is 5.91 Å². The lowest BCUT2D eigenvalue weighted by atomic mass is 10.0. The lowest BCUT2D eigenvalue weighted by Gasteiger charge is -2.23. The van der Waals surface area contributed by atoms with Crippen LogP contribution in [0.25, 0.3) is 11.3 Å². The molecular weight excluding hydrogens is 504 g/mol. The van der Waals surface area contributed by atoms with Crippen LogP contribution in [-0.4, -0.2) is 45.8 Å². The third-order valence-electron chi connectivity index (χ3n) is 5.59. The molecule has 2 aromatic carbocycles. The molecule has 0 atom stereocenters. The molecule has 2 amide bonds. The molecule has 4 rings (SSSR count). The van der Waals surface area contributed by atoms with Crippen LogP contribution in [0.2, 0.25) is 5.02 Å². The van der Waals surface area contributed by atoms with E-state index in [1.165, 1.54) is 22.9 Å². The summed E-state index contributed by atoms with van der Waals surface area (Å²) >= 11 is 6.14. The van der Waals surface area contributed by atoms with Crippen molar-refractivity contribution < 1.29 is 31.9 Å². The summed E-state index contributed by atoms with van der Waals surface area (Å²) in [6, 6.07) is 10.7. The molecule has 1 N–H and O–H groups in total. The van der Waals surface area contributed by atoms with Crippen molar-refractivity contribution in [1.29, 1.82) is 0 Å². The van der Waals surface area contributed by atoms with E-state index in [2.05, 4.69) is 10.4 Å². The Labute approximate surface area is 208 Å². The Bertz CT molecular complexity index is 1310. The number of alkyl halides is 3. The second-order valence-corrected chi connectivity index (χ2v) is 8.63. The highest BCUT2D eigenvalue weighted by Gasteiger charge is 2.32. The van der Waals surface area contributed by atoms with E-state index in [9.17, 15) is 27.2 Å². The summed E-state index contributed by atoms with van der Waals surface area (Å²) in [4.78, 5) is 27.0. The van der Waals surface area contributed by atoms with Crippen molar-refractivity contribution in [2.75, 3.05) is 13.1 Å². The van der Waals surface area contributed by atoms with Crippen LogP contribution in [0.15, 0.2) is 42.5 Å². The number of fused-ring (bicyclic) bond motifs is 3. The summed E-state index contributed by atoms with van der Waals surface area (Å²) in [7, 11) is 1.64. The average molecular weight is 525 g/mol. The molecule has 0 saturated heterocycles. The van der Waals surface area contributed by atoms with Crippen molar-refractivity contribution in [2.45, 2.75) is 25.7 Å². The lowest BCUT2D eigenvalue weighted by Crippen LogP contribution is -2.41. The minimum absolute atomic E-state index is 0.0162. The van der Waals surface area contributed by atoms with Crippen molar-refractivity contribution in [3.63, 3.8) is 0 Å². The van der Waals surface area contributed by atoms with Crippen molar-refractivity contribution in [1.82, 2.24) is 20.0 Å². The number of aryl methyl sites for hydroxylation is 1. The number of carbonyl (C=O) groups excluding carboxylic acids is 2. The summed E-state index contributed by atoms with van der Waals surface area (Å²) in [5.74, 6) is -1.55. The number of halogens is 5. The van der Waals surface area contributed by atoms with E-state index in [1.807, 2.05) is 0 Å². The van der Waals surface area contributed by atoms with Gasteiger partial charge in [-0.2, -0.15) is 18.3 Å². The highest BCUT2D eigenvalue weighted by atomic mass is 35.5. The first-order valence-electron chi connectivity index (χ1n) is 10.9. The van der Waals surface area contributed by atoms with Gasteiger partial charge in [-0.05, 0) is 24.3 Å². The Morgan fingerprint density at radius 2 is 1.97 bits per heavy atom. The van der Waals surface area contributed by atoms with Gasteiger partial charge in [-0.15, -0.1) is 0 Å². The normalized spacial score (nSPS) is 12.4. The van der Waals surface area contributed by atoms with Crippen LogP contribution in [0, 0.1) is 5.82 Å². The van der Waals surface area contributed by atoms with Crippen LogP contribution in [0.1, 0.15) is 28.0 Å². The Kier molecular flexibility index (Phi) is 7.21. The van der Waals surface area contributed by atoms with Crippen molar-refractivity contribution in [3.8, 4) is 17.0 Å². The maximum atomic E-state index is 14.4. The first-order chi connectivity index (χ1) is 17.0. The van der Waals surface area contributed by atoms with Crippen LogP contribution >= 0.6 is 11.6 Å². The fourth-order valence-electron chi connectivity index (χ4n) is 3.93. The molecule has 7 nitrogen and oxygen atoms in total. The molecule has 0 fully saturated rings. The molecule has 0 aliphatic carbocycles. The first kappa shape index (κ1) is 25.5. The number of nitrogens with one attached hydrogen (secondary N) is 1. The molecule has 12 heteroatoms. The Hall–Kier alpha value is -3.60. The van der Waals surface area contributed by atoms with Crippen LogP contribution < -0.4 is 10.1 Å². The summed E-state index contributed by atoms with van der Waals surface area (Å²) in [5.41, 5.74) is 1.80. The Balaban J connectivity index is 1.64. The minimum Gasteiger partial charge on any atom is -0.488 e. The summed E-state index contributed by atoms with van der Waals surface area (Å²) in [5, 5.41) is 6.94. The third-order valence-corrected chi connectivity index (χ3v) is 5.82. The van der Waals surface area contributed by atoms with E-state index < -0.39 is 43.3 Å². The van der Waals surface area contributed by atoms with Crippen molar-refractivity contribution >= 4 is 23.4 Å². The van der Waals surface area contributed by atoms with E-state index in [4.69, 9.17) is 16.3 Å². The molecular formula is C24H21ClF4N4O3. The van der Waals surface area contributed by atoms with E-state index >= 15 is 0 Å². The molecule has 1 aromatic heterocycles. The van der Waals surface area contributed by atoms with Crippen LogP contribution in [-0.2, 0) is 25.0 Å². The highest BCUT2D eigenvalue weighted by molar-refractivity contribution is 6.31. The average Bonchev–Trinajstić information content (AvgIpc) is 3.15. The molecule has 190 valence electrons. The summed E-state index contributed by atoms with van der Waals surface area (Å²) < 4.78 is 59.0. The zero-order valence-electron chi connectivity index (χ0n) is 19.0. The second kappa shape index (κ2) is 10.2. The number of benzene rings is 2. The predicted molar refractivity (Wildman–Crippen MR) is 123 cm³/mol. The fourth-order valence-corrected chi connectivity index (χ4v) is 4.10. The molecule has 0 bridgehead atoms. The number of hydrogen-bond acceptors (Lipinski definition) is 4. The van der Waals surface area contributed by atoms with Gasteiger partial charge in [-0.1, -0.05) is 29.8 Å². The van der Waals surface area contributed by atoms with E-state index in [0.29, 0.717) is 27.6 Å². The predicted octanol–water partition coefficient (Wildman–Crippen LogP) is 4.48. The minimum atomic E-state index is -4.44. The van der Waals surface area contributed by atoms with Crippen molar-refractivity contribution in [2.24, 2.45) is 7.05 Å². The number of carbonyl (C=O) groups is 2. The van der Waals surface area contributed by atoms with Gasteiger partial charge in [0.1, 0.15) is 24.7 Å². The molecule has 3 aromatic rings. The van der Waals surface area contributed by atoms with Crippen molar-refractivity contribution in [3.05, 3.63) is 70.1 Å². The van der Waals surface area contributed by atoms with Crippen LogP contribution in [0.4, 0.5) is 17.6 Å². The number of hydrogen-bond donors (Lipinski definition) is 1. The van der Waals surface area contributed by atoms with Gasteiger partial charge in [0.15, 0.2) is 5.69 Å². The fraction of sp³-hybridized carbons (Fsp3) is 0.292. The van der Waals surface area contributed by atoms with Gasteiger partial charge in [-0.3, -0.25) is 14.3 Å². The quantitative estimate of drug-likeness (QED) is 0.462. The molecule has 36 heavy (non-hydrogen) atoms. The lowest BCUT2D eigenvalue weighted by molar-refractivity contribution is -0.135. The number of aromatic nitrogens is 2. The first-order valence-corrected chi connectivity index (χ1v) is 11.3. The van der Waals surface area contributed by atoms with E-state index in [-0.39, 0.29) is 24.4 Å². The van der Waals surface area contributed by atoms with Crippen LogP contribution in [0.5, 0.6) is 5.75 Å².